The Kier molecular flexibility index (Phi) is 4.23. The fourth-order valence-electron chi connectivity index (χ4n) is 2.62. The standard InChI is InChI=1S/C16H20N2O2/c1-4-17(5-2)16(20)10-18-12(3)14(11-19)13-8-6-7-9-15(13)18/h6-9,11H,4-5,10H2,1-3H3. The van der Waals surface area contributed by atoms with E-state index in [4.69, 9.17) is 0 Å². The number of nitrogens with zero attached hydrogens (tertiary/aromatic N) is 2. The first-order valence-electron chi connectivity index (χ1n) is 6.94. The van der Waals surface area contributed by atoms with Crippen molar-refractivity contribution >= 4 is 23.1 Å². The van der Waals surface area contributed by atoms with Gasteiger partial charge in [-0.15, -0.1) is 0 Å². The predicted octanol–water partition coefficient (Wildman–Crippen LogP) is 2.63. The van der Waals surface area contributed by atoms with Crippen LogP contribution in [0.4, 0.5) is 0 Å². The maximum absolute atomic E-state index is 12.3. The largest absolute Gasteiger partial charge is 0.342 e. The first-order chi connectivity index (χ1) is 9.63. The van der Waals surface area contributed by atoms with Gasteiger partial charge in [-0.25, -0.2) is 0 Å². The highest BCUT2D eigenvalue weighted by molar-refractivity contribution is 5.99. The van der Waals surface area contributed by atoms with Crippen molar-refractivity contribution in [3.8, 4) is 0 Å². The van der Waals surface area contributed by atoms with Crippen LogP contribution in [0.25, 0.3) is 10.9 Å². The maximum Gasteiger partial charge on any atom is 0.242 e. The number of aldehydes is 1. The quantitative estimate of drug-likeness (QED) is 0.785. The Morgan fingerprint density at radius 3 is 2.50 bits per heavy atom. The fourth-order valence-corrected chi connectivity index (χ4v) is 2.62. The average Bonchev–Trinajstić information content (AvgIpc) is 2.73. The Labute approximate surface area is 119 Å². The normalized spacial score (nSPS) is 10.8. The highest BCUT2D eigenvalue weighted by Crippen LogP contribution is 2.24. The van der Waals surface area contributed by atoms with Crippen molar-refractivity contribution in [2.75, 3.05) is 13.1 Å². The SMILES string of the molecule is CCN(CC)C(=O)Cn1c(C)c(C=O)c2ccccc21. The minimum Gasteiger partial charge on any atom is -0.342 e. The Balaban J connectivity index is 2.47. The Morgan fingerprint density at radius 1 is 1.25 bits per heavy atom. The van der Waals surface area contributed by atoms with Gasteiger partial charge in [-0.05, 0) is 26.8 Å². The molecule has 0 N–H and O–H groups in total. The molecule has 1 aromatic carbocycles. The third kappa shape index (κ3) is 2.33. The van der Waals surface area contributed by atoms with Crippen LogP contribution in [0, 0.1) is 6.92 Å². The van der Waals surface area contributed by atoms with Crippen LogP contribution >= 0.6 is 0 Å². The lowest BCUT2D eigenvalue weighted by Crippen LogP contribution is -2.33. The van der Waals surface area contributed by atoms with Gasteiger partial charge in [0, 0.05) is 35.2 Å². The number of hydrogen-bond acceptors (Lipinski definition) is 2. The number of fused-ring (bicyclic) bond motifs is 1. The minimum absolute atomic E-state index is 0.0799. The molecule has 0 aliphatic rings. The second-order valence-corrected chi connectivity index (χ2v) is 4.79. The fraction of sp³-hybridized carbons (Fsp3) is 0.375. The second kappa shape index (κ2) is 5.90. The highest BCUT2D eigenvalue weighted by atomic mass is 16.2. The molecule has 0 unspecified atom stereocenters. The van der Waals surface area contributed by atoms with E-state index in [2.05, 4.69) is 0 Å². The van der Waals surface area contributed by atoms with Crippen LogP contribution < -0.4 is 0 Å². The number of likely N-dealkylation sites (N-methyl/N-ethyl adjacent to an activating group) is 1. The molecule has 2 aromatic rings. The van der Waals surface area contributed by atoms with Gasteiger partial charge in [0.25, 0.3) is 0 Å². The number of amides is 1. The van der Waals surface area contributed by atoms with Gasteiger partial charge in [-0.3, -0.25) is 9.59 Å². The zero-order chi connectivity index (χ0) is 14.7. The summed E-state index contributed by atoms with van der Waals surface area (Å²) in [4.78, 5) is 25.4. The molecule has 0 saturated heterocycles. The molecule has 0 aliphatic heterocycles. The monoisotopic (exact) mass is 272 g/mol. The number of hydrogen-bond donors (Lipinski definition) is 0. The van der Waals surface area contributed by atoms with E-state index in [1.54, 1.807) is 4.90 Å². The van der Waals surface area contributed by atoms with Crippen molar-refractivity contribution in [3.63, 3.8) is 0 Å². The summed E-state index contributed by atoms with van der Waals surface area (Å²) in [6, 6.07) is 7.70. The molecule has 0 spiro atoms. The van der Waals surface area contributed by atoms with E-state index in [0.29, 0.717) is 18.7 Å². The zero-order valence-corrected chi connectivity index (χ0v) is 12.2. The van der Waals surface area contributed by atoms with Crippen molar-refractivity contribution in [1.82, 2.24) is 9.47 Å². The number of aromatic nitrogens is 1. The predicted molar refractivity (Wildman–Crippen MR) is 80.0 cm³/mol. The van der Waals surface area contributed by atoms with E-state index in [-0.39, 0.29) is 12.5 Å². The van der Waals surface area contributed by atoms with E-state index in [0.717, 1.165) is 22.9 Å². The molecule has 0 saturated carbocycles. The number of carbonyl (C=O) groups is 2. The maximum atomic E-state index is 12.3. The molecule has 0 atom stereocenters. The average molecular weight is 272 g/mol. The van der Waals surface area contributed by atoms with Crippen LogP contribution in [0.2, 0.25) is 0 Å². The van der Waals surface area contributed by atoms with Gasteiger partial charge in [-0.1, -0.05) is 18.2 Å². The van der Waals surface area contributed by atoms with Crippen molar-refractivity contribution in [2.24, 2.45) is 0 Å². The Hall–Kier alpha value is -2.10. The molecule has 1 aromatic heterocycles. The molecule has 0 aliphatic carbocycles. The number of carbonyl (C=O) groups excluding carboxylic acids is 2. The Morgan fingerprint density at radius 2 is 1.90 bits per heavy atom. The van der Waals surface area contributed by atoms with Gasteiger partial charge < -0.3 is 9.47 Å². The van der Waals surface area contributed by atoms with Crippen molar-refractivity contribution in [1.29, 1.82) is 0 Å². The van der Waals surface area contributed by atoms with Gasteiger partial charge in [-0.2, -0.15) is 0 Å². The lowest BCUT2D eigenvalue weighted by atomic mass is 10.1. The van der Waals surface area contributed by atoms with Crippen molar-refractivity contribution in [3.05, 3.63) is 35.5 Å². The smallest absolute Gasteiger partial charge is 0.242 e. The molecule has 20 heavy (non-hydrogen) atoms. The minimum atomic E-state index is 0.0799. The van der Waals surface area contributed by atoms with Crippen molar-refractivity contribution < 1.29 is 9.59 Å². The molecule has 4 nitrogen and oxygen atoms in total. The summed E-state index contributed by atoms with van der Waals surface area (Å²) in [7, 11) is 0. The molecule has 1 amide bonds. The summed E-state index contributed by atoms with van der Waals surface area (Å²) in [5, 5.41) is 0.910. The first-order valence-corrected chi connectivity index (χ1v) is 6.94. The molecule has 0 fully saturated rings. The summed E-state index contributed by atoms with van der Waals surface area (Å²) in [5.74, 6) is 0.0799. The molecule has 2 rings (SSSR count). The van der Waals surface area contributed by atoms with E-state index < -0.39 is 0 Å². The zero-order valence-electron chi connectivity index (χ0n) is 12.2. The number of rotatable bonds is 5. The van der Waals surface area contributed by atoms with Crippen LogP contribution in [-0.2, 0) is 11.3 Å². The molecule has 0 bridgehead atoms. The lowest BCUT2D eigenvalue weighted by Gasteiger charge is -2.19. The van der Waals surface area contributed by atoms with Crippen LogP contribution in [-0.4, -0.2) is 34.7 Å². The van der Waals surface area contributed by atoms with E-state index >= 15 is 0 Å². The van der Waals surface area contributed by atoms with E-state index in [1.165, 1.54) is 0 Å². The number of benzene rings is 1. The van der Waals surface area contributed by atoms with Crippen LogP contribution in [0.15, 0.2) is 24.3 Å². The summed E-state index contributed by atoms with van der Waals surface area (Å²) < 4.78 is 1.93. The summed E-state index contributed by atoms with van der Waals surface area (Å²) in [6.07, 6.45) is 0.871. The van der Waals surface area contributed by atoms with Gasteiger partial charge >= 0.3 is 0 Å². The van der Waals surface area contributed by atoms with E-state index in [1.807, 2.05) is 49.6 Å². The second-order valence-electron chi connectivity index (χ2n) is 4.79. The summed E-state index contributed by atoms with van der Waals surface area (Å²) in [5.41, 5.74) is 2.46. The third-order valence-electron chi connectivity index (χ3n) is 3.81. The van der Waals surface area contributed by atoms with Crippen LogP contribution in [0.1, 0.15) is 29.9 Å². The first kappa shape index (κ1) is 14.3. The molecular formula is C16H20N2O2. The van der Waals surface area contributed by atoms with Crippen molar-refractivity contribution in [2.45, 2.75) is 27.3 Å². The van der Waals surface area contributed by atoms with Gasteiger partial charge in [0.05, 0.1) is 0 Å². The van der Waals surface area contributed by atoms with Gasteiger partial charge in [0.15, 0.2) is 6.29 Å². The van der Waals surface area contributed by atoms with Crippen LogP contribution in [0.5, 0.6) is 0 Å². The Bertz CT molecular complexity index is 639. The lowest BCUT2D eigenvalue weighted by molar-refractivity contribution is -0.131. The topological polar surface area (TPSA) is 42.3 Å². The third-order valence-corrected chi connectivity index (χ3v) is 3.81. The molecule has 1 heterocycles. The van der Waals surface area contributed by atoms with E-state index in [9.17, 15) is 9.59 Å². The summed E-state index contributed by atoms with van der Waals surface area (Å²) in [6.45, 7) is 7.51. The molecule has 4 heteroatoms. The van der Waals surface area contributed by atoms with Crippen LogP contribution in [0.3, 0.4) is 0 Å². The summed E-state index contributed by atoms with van der Waals surface area (Å²) >= 11 is 0. The molecular weight excluding hydrogens is 252 g/mol. The number of para-hydroxylation sites is 1. The van der Waals surface area contributed by atoms with Gasteiger partial charge in [0.1, 0.15) is 6.54 Å². The molecule has 106 valence electrons. The molecule has 0 radical (unpaired) electrons. The highest BCUT2D eigenvalue weighted by Gasteiger charge is 2.17. The van der Waals surface area contributed by atoms with Gasteiger partial charge in [0.2, 0.25) is 5.91 Å².